The minimum atomic E-state index is -0.765. The van der Waals surface area contributed by atoms with Gasteiger partial charge in [0, 0.05) is 41.0 Å². The van der Waals surface area contributed by atoms with E-state index in [9.17, 15) is 9.59 Å². The van der Waals surface area contributed by atoms with Crippen LogP contribution in [0, 0.1) is 5.41 Å². The molecule has 0 aromatic heterocycles. The first-order chi connectivity index (χ1) is 16.0. The Kier molecular flexibility index (Phi) is 8.61. The molecule has 0 radical (unpaired) electrons. The standard InChI is InChI=1S/C26H27ClN4O2/c27-22-12-8-19(9-13-22)15-24(26(33)30-14-4-7-18-5-2-1-3-6-18)31-25(32)20-10-11-21(17-28)23(29)16-20/h1-3,5-6,8-13,16-17,24,28H,4,7,14-15,29H2,(H,30,33)(H,31,32)/t24-/m0/s1. The molecular weight excluding hydrogens is 436 g/mol. The van der Waals surface area contributed by atoms with Gasteiger partial charge in [-0.15, -0.1) is 0 Å². The maximum atomic E-state index is 13.0. The van der Waals surface area contributed by atoms with E-state index in [2.05, 4.69) is 22.8 Å². The maximum Gasteiger partial charge on any atom is 0.252 e. The molecule has 6 nitrogen and oxygen atoms in total. The fourth-order valence-electron chi connectivity index (χ4n) is 3.43. The monoisotopic (exact) mass is 462 g/mol. The van der Waals surface area contributed by atoms with Crippen molar-refractivity contribution in [3.05, 3.63) is 100 Å². The number of amides is 2. The lowest BCUT2D eigenvalue weighted by atomic mass is 10.0. The fraction of sp³-hybridized carbons (Fsp3) is 0.192. The molecule has 0 saturated heterocycles. The van der Waals surface area contributed by atoms with E-state index in [1.165, 1.54) is 11.6 Å². The molecule has 0 aliphatic carbocycles. The SMILES string of the molecule is N=Cc1ccc(C(=O)N[C@@H](Cc2ccc(Cl)cc2)C(=O)NCCCc2ccccc2)cc1N. The van der Waals surface area contributed by atoms with Crippen LogP contribution in [0.15, 0.2) is 72.8 Å². The average molecular weight is 463 g/mol. The molecule has 33 heavy (non-hydrogen) atoms. The fourth-order valence-corrected chi connectivity index (χ4v) is 3.55. The summed E-state index contributed by atoms with van der Waals surface area (Å²) in [5, 5.41) is 13.7. The van der Waals surface area contributed by atoms with Gasteiger partial charge in [-0.3, -0.25) is 9.59 Å². The number of nitrogen functional groups attached to an aromatic ring is 1. The molecule has 3 aromatic rings. The van der Waals surface area contributed by atoms with Crippen LogP contribution in [-0.2, 0) is 17.6 Å². The van der Waals surface area contributed by atoms with Gasteiger partial charge in [-0.1, -0.05) is 60.1 Å². The smallest absolute Gasteiger partial charge is 0.252 e. The zero-order valence-corrected chi connectivity index (χ0v) is 18.9. The van der Waals surface area contributed by atoms with Crippen LogP contribution >= 0.6 is 11.6 Å². The highest BCUT2D eigenvalue weighted by atomic mass is 35.5. The third-order valence-electron chi connectivity index (χ3n) is 5.26. The van der Waals surface area contributed by atoms with Gasteiger partial charge in [0.25, 0.3) is 5.91 Å². The quantitative estimate of drug-likeness (QED) is 0.207. The molecule has 0 spiro atoms. The topological polar surface area (TPSA) is 108 Å². The van der Waals surface area contributed by atoms with E-state index in [0.717, 1.165) is 24.6 Å². The summed E-state index contributed by atoms with van der Waals surface area (Å²) >= 11 is 5.97. The predicted octanol–water partition coefficient (Wildman–Crippen LogP) is 4.01. The summed E-state index contributed by atoms with van der Waals surface area (Å²) in [5.41, 5.74) is 9.18. The Hall–Kier alpha value is -3.64. The van der Waals surface area contributed by atoms with Gasteiger partial charge in [0.2, 0.25) is 5.91 Å². The lowest BCUT2D eigenvalue weighted by Gasteiger charge is -2.19. The van der Waals surface area contributed by atoms with Crippen molar-refractivity contribution >= 4 is 35.3 Å². The van der Waals surface area contributed by atoms with Crippen molar-refractivity contribution < 1.29 is 9.59 Å². The summed E-state index contributed by atoms with van der Waals surface area (Å²) in [7, 11) is 0. The first kappa shape index (κ1) is 24.0. The Morgan fingerprint density at radius 2 is 1.73 bits per heavy atom. The van der Waals surface area contributed by atoms with Crippen LogP contribution in [0.25, 0.3) is 0 Å². The molecule has 1 atom stereocenters. The Balaban J connectivity index is 1.66. The highest BCUT2D eigenvalue weighted by Gasteiger charge is 2.22. The third-order valence-corrected chi connectivity index (χ3v) is 5.52. The number of aryl methyl sites for hydroxylation is 1. The second-order valence-electron chi connectivity index (χ2n) is 7.72. The molecule has 3 aromatic carbocycles. The zero-order chi connectivity index (χ0) is 23.6. The van der Waals surface area contributed by atoms with Gasteiger partial charge >= 0.3 is 0 Å². The minimum Gasteiger partial charge on any atom is -0.398 e. The Morgan fingerprint density at radius 3 is 2.39 bits per heavy atom. The molecular formula is C26H27ClN4O2. The number of nitrogens with one attached hydrogen (secondary N) is 3. The molecule has 170 valence electrons. The molecule has 0 saturated carbocycles. The third kappa shape index (κ3) is 7.19. The molecule has 0 heterocycles. The van der Waals surface area contributed by atoms with E-state index >= 15 is 0 Å². The first-order valence-electron chi connectivity index (χ1n) is 10.7. The number of benzene rings is 3. The van der Waals surface area contributed by atoms with E-state index in [1.807, 2.05) is 30.3 Å². The van der Waals surface area contributed by atoms with Crippen LogP contribution in [0.4, 0.5) is 5.69 Å². The highest BCUT2D eigenvalue weighted by molar-refractivity contribution is 6.30. The van der Waals surface area contributed by atoms with Crippen LogP contribution in [0.1, 0.15) is 33.5 Å². The molecule has 0 fully saturated rings. The second kappa shape index (κ2) is 11.8. The maximum absolute atomic E-state index is 13.0. The Morgan fingerprint density at radius 1 is 1.00 bits per heavy atom. The van der Waals surface area contributed by atoms with Crippen molar-refractivity contribution in [2.75, 3.05) is 12.3 Å². The summed E-state index contributed by atoms with van der Waals surface area (Å²) in [6.07, 6.45) is 3.09. The summed E-state index contributed by atoms with van der Waals surface area (Å²) in [6.45, 7) is 0.502. The molecule has 0 aliphatic heterocycles. The second-order valence-corrected chi connectivity index (χ2v) is 8.16. The van der Waals surface area contributed by atoms with Crippen molar-refractivity contribution in [3.63, 3.8) is 0 Å². The van der Waals surface area contributed by atoms with Crippen LogP contribution < -0.4 is 16.4 Å². The molecule has 0 unspecified atom stereocenters. The minimum absolute atomic E-state index is 0.254. The van der Waals surface area contributed by atoms with Crippen molar-refractivity contribution in [3.8, 4) is 0 Å². The number of rotatable bonds is 10. The Bertz CT molecular complexity index is 1100. The van der Waals surface area contributed by atoms with E-state index in [0.29, 0.717) is 34.8 Å². The Labute approximate surface area is 198 Å². The van der Waals surface area contributed by atoms with Crippen molar-refractivity contribution in [2.45, 2.75) is 25.3 Å². The van der Waals surface area contributed by atoms with Gasteiger partial charge in [0.05, 0.1) is 0 Å². The number of anilines is 1. The van der Waals surface area contributed by atoms with E-state index in [-0.39, 0.29) is 5.91 Å². The van der Waals surface area contributed by atoms with Gasteiger partial charge in [-0.2, -0.15) is 0 Å². The summed E-state index contributed by atoms with van der Waals surface area (Å²) in [5.74, 6) is -0.660. The van der Waals surface area contributed by atoms with Crippen LogP contribution in [0.2, 0.25) is 5.02 Å². The zero-order valence-electron chi connectivity index (χ0n) is 18.2. The van der Waals surface area contributed by atoms with Crippen LogP contribution in [-0.4, -0.2) is 30.6 Å². The lowest BCUT2D eigenvalue weighted by molar-refractivity contribution is -0.122. The van der Waals surface area contributed by atoms with Crippen molar-refractivity contribution in [2.24, 2.45) is 0 Å². The highest BCUT2D eigenvalue weighted by Crippen LogP contribution is 2.14. The van der Waals surface area contributed by atoms with Gasteiger partial charge in [-0.05, 0) is 48.2 Å². The number of halogens is 1. The number of nitrogens with two attached hydrogens (primary N) is 1. The largest absolute Gasteiger partial charge is 0.398 e. The summed E-state index contributed by atoms with van der Waals surface area (Å²) < 4.78 is 0. The van der Waals surface area contributed by atoms with Gasteiger partial charge in [0.1, 0.15) is 6.04 Å². The predicted molar refractivity (Wildman–Crippen MR) is 133 cm³/mol. The number of carbonyl (C=O) groups excluding carboxylic acids is 2. The number of hydrogen-bond acceptors (Lipinski definition) is 4. The molecule has 0 bridgehead atoms. The van der Waals surface area contributed by atoms with E-state index in [1.54, 1.807) is 24.3 Å². The van der Waals surface area contributed by atoms with E-state index < -0.39 is 11.9 Å². The van der Waals surface area contributed by atoms with Gasteiger partial charge < -0.3 is 21.8 Å². The molecule has 0 aliphatic rings. The summed E-state index contributed by atoms with van der Waals surface area (Å²) in [6, 6.07) is 21.2. The molecule has 5 N–H and O–H groups in total. The van der Waals surface area contributed by atoms with Crippen LogP contribution in [0.3, 0.4) is 0 Å². The molecule has 3 rings (SSSR count). The van der Waals surface area contributed by atoms with Gasteiger partial charge in [0.15, 0.2) is 0 Å². The number of hydrogen-bond donors (Lipinski definition) is 4. The first-order valence-corrected chi connectivity index (χ1v) is 11.1. The lowest BCUT2D eigenvalue weighted by Crippen LogP contribution is -2.48. The van der Waals surface area contributed by atoms with Crippen molar-refractivity contribution in [1.29, 1.82) is 5.41 Å². The average Bonchev–Trinajstić information content (AvgIpc) is 2.83. The normalized spacial score (nSPS) is 11.4. The number of carbonyl (C=O) groups is 2. The molecule has 2 amide bonds. The van der Waals surface area contributed by atoms with Crippen molar-refractivity contribution in [1.82, 2.24) is 10.6 Å². The van der Waals surface area contributed by atoms with Gasteiger partial charge in [-0.25, -0.2) is 0 Å². The van der Waals surface area contributed by atoms with Crippen LogP contribution in [0.5, 0.6) is 0 Å². The molecule has 7 heteroatoms. The summed E-state index contributed by atoms with van der Waals surface area (Å²) in [4.78, 5) is 25.8. The van der Waals surface area contributed by atoms with E-state index in [4.69, 9.17) is 22.7 Å².